The van der Waals surface area contributed by atoms with Crippen molar-refractivity contribution in [3.8, 4) is 11.5 Å². The Bertz CT molecular complexity index is 741. The summed E-state index contributed by atoms with van der Waals surface area (Å²) in [6.45, 7) is 5.11. The van der Waals surface area contributed by atoms with Gasteiger partial charge in [-0.2, -0.15) is 0 Å². The first-order valence-corrected chi connectivity index (χ1v) is 8.89. The molecule has 1 fully saturated rings. The van der Waals surface area contributed by atoms with Gasteiger partial charge in [-0.05, 0) is 6.92 Å². The second-order valence-electron chi connectivity index (χ2n) is 6.35. The van der Waals surface area contributed by atoms with Crippen molar-refractivity contribution in [1.82, 2.24) is 14.9 Å². The minimum atomic E-state index is -0.244. The van der Waals surface area contributed by atoms with Crippen LogP contribution >= 0.6 is 0 Å². The average molecular weight is 371 g/mol. The van der Waals surface area contributed by atoms with Crippen LogP contribution < -0.4 is 19.7 Å². The van der Waals surface area contributed by atoms with Gasteiger partial charge < -0.3 is 19.7 Å². The van der Waals surface area contributed by atoms with Crippen molar-refractivity contribution in [1.29, 1.82) is 0 Å². The summed E-state index contributed by atoms with van der Waals surface area (Å²) < 4.78 is 10.5. The van der Waals surface area contributed by atoms with Crippen LogP contribution in [-0.4, -0.2) is 67.2 Å². The number of benzene rings is 1. The molecule has 3 rings (SSSR count). The third-order valence-corrected chi connectivity index (χ3v) is 4.73. The number of amides is 1. The minimum Gasteiger partial charge on any atom is -0.497 e. The maximum absolute atomic E-state index is 12.7. The lowest BCUT2D eigenvalue weighted by molar-refractivity contribution is -0.120. The van der Waals surface area contributed by atoms with Crippen LogP contribution in [0.4, 0.5) is 11.5 Å². The van der Waals surface area contributed by atoms with E-state index in [0.717, 1.165) is 32.0 Å². The molecule has 1 amide bonds. The largest absolute Gasteiger partial charge is 0.497 e. The molecule has 0 bridgehead atoms. The van der Waals surface area contributed by atoms with Gasteiger partial charge in [-0.1, -0.05) is 0 Å². The third-order valence-electron chi connectivity index (χ3n) is 4.73. The Morgan fingerprint density at radius 1 is 1.07 bits per heavy atom. The maximum atomic E-state index is 12.7. The number of carbonyl (C=O) groups excluding carboxylic acids is 1. The first kappa shape index (κ1) is 18.9. The zero-order valence-electron chi connectivity index (χ0n) is 15.9. The highest BCUT2D eigenvalue weighted by molar-refractivity contribution is 5.95. The van der Waals surface area contributed by atoms with E-state index in [1.165, 1.54) is 0 Å². The van der Waals surface area contributed by atoms with Crippen molar-refractivity contribution in [3.05, 3.63) is 36.8 Å². The Hall–Kier alpha value is -2.87. The van der Waals surface area contributed by atoms with E-state index in [0.29, 0.717) is 17.2 Å². The monoisotopic (exact) mass is 371 g/mol. The molecule has 2 heterocycles. The number of carbonyl (C=O) groups is 1. The first-order chi connectivity index (χ1) is 13.1. The molecule has 1 unspecified atom stereocenters. The number of ether oxygens (including phenoxy) is 2. The molecule has 0 saturated carbocycles. The van der Waals surface area contributed by atoms with Crippen molar-refractivity contribution in [2.45, 2.75) is 13.0 Å². The molecule has 0 radical (unpaired) electrons. The number of hydrogen-bond donors (Lipinski definition) is 1. The summed E-state index contributed by atoms with van der Waals surface area (Å²) in [5, 5.41) is 2.95. The first-order valence-electron chi connectivity index (χ1n) is 8.89. The van der Waals surface area contributed by atoms with Crippen LogP contribution in [0.15, 0.2) is 36.8 Å². The fourth-order valence-electron chi connectivity index (χ4n) is 3.08. The Morgan fingerprint density at radius 2 is 1.74 bits per heavy atom. The molecule has 27 heavy (non-hydrogen) atoms. The van der Waals surface area contributed by atoms with Crippen LogP contribution in [0.2, 0.25) is 0 Å². The summed E-state index contributed by atoms with van der Waals surface area (Å²) in [5.41, 5.74) is 0.654. The molecule has 1 aromatic carbocycles. The molecular formula is C19H25N5O3. The van der Waals surface area contributed by atoms with E-state index >= 15 is 0 Å². The van der Waals surface area contributed by atoms with Gasteiger partial charge in [-0.15, -0.1) is 0 Å². The van der Waals surface area contributed by atoms with E-state index in [-0.39, 0.29) is 11.9 Å². The molecule has 2 aromatic rings. The Kier molecular flexibility index (Phi) is 6.08. The fourth-order valence-corrected chi connectivity index (χ4v) is 3.08. The Labute approximate surface area is 159 Å². The number of aromatic nitrogens is 2. The molecule has 144 valence electrons. The van der Waals surface area contributed by atoms with Gasteiger partial charge in [0.2, 0.25) is 5.91 Å². The molecule has 1 saturated heterocycles. The molecule has 0 spiro atoms. The highest BCUT2D eigenvalue weighted by Crippen LogP contribution is 2.26. The van der Waals surface area contributed by atoms with E-state index in [2.05, 4.69) is 25.1 Å². The summed E-state index contributed by atoms with van der Waals surface area (Å²) in [5.74, 6) is 2.08. The van der Waals surface area contributed by atoms with Gasteiger partial charge in [0, 0.05) is 62.5 Å². The standard InChI is InChI=1S/C19H25N5O3/c1-14(19(25)22-15-10-16(26-2)12-17(11-15)27-3)23-6-8-24(9-7-23)18-13-20-4-5-21-18/h4-5,10-14H,6-9H2,1-3H3,(H,22,25). The van der Waals surface area contributed by atoms with Gasteiger partial charge >= 0.3 is 0 Å². The average Bonchev–Trinajstić information content (AvgIpc) is 2.73. The van der Waals surface area contributed by atoms with E-state index < -0.39 is 0 Å². The lowest BCUT2D eigenvalue weighted by Gasteiger charge is -2.37. The molecule has 1 aromatic heterocycles. The number of methoxy groups -OCH3 is 2. The second-order valence-corrected chi connectivity index (χ2v) is 6.35. The SMILES string of the molecule is COc1cc(NC(=O)C(C)N2CCN(c3cnccn3)CC2)cc(OC)c1. The van der Waals surface area contributed by atoms with Crippen LogP contribution in [0.5, 0.6) is 11.5 Å². The van der Waals surface area contributed by atoms with Gasteiger partial charge in [-0.25, -0.2) is 4.98 Å². The predicted octanol–water partition coefficient (Wildman–Crippen LogP) is 1.64. The third kappa shape index (κ3) is 4.65. The normalized spacial score (nSPS) is 15.9. The quantitative estimate of drug-likeness (QED) is 0.827. The number of hydrogen-bond acceptors (Lipinski definition) is 7. The van der Waals surface area contributed by atoms with E-state index in [1.54, 1.807) is 51.0 Å². The van der Waals surface area contributed by atoms with Crippen molar-refractivity contribution in [2.75, 3.05) is 50.6 Å². The number of anilines is 2. The zero-order valence-corrected chi connectivity index (χ0v) is 15.9. The lowest BCUT2D eigenvalue weighted by atomic mass is 10.2. The van der Waals surface area contributed by atoms with Crippen LogP contribution in [0.1, 0.15) is 6.92 Å². The Morgan fingerprint density at radius 3 is 2.30 bits per heavy atom. The topological polar surface area (TPSA) is 79.8 Å². The van der Waals surface area contributed by atoms with Crippen LogP contribution in [0.25, 0.3) is 0 Å². The number of nitrogens with one attached hydrogen (secondary N) is 1. The van der Waals surface area contributed by atoms with E-state index in [9.17, 15) is 4.79 Å². The summed E-state index contributed by atoms with van der Waals surface area (Å²) in [6, 6.07) is 5.08. The molecular weight excluding hydrogens is 346 g/mol. The molecule has 8 nitrogen and oxygen atoms in total. The fraction of sp³-hybridized carbons (Fsp3) is 0.421. The minimum absolute atomic E-state index is 0.0572. The van der Waals surface area contributed by atoms with Gasteiger partial charge in [0.25, 0.3) is 0 Å². The predicted molar refractivity (Wildman–Crippen MR) is 103 cm³/mol. The zero-order chi connectivity index (χ0) is 19.2. The summed E-state index contributed by atoms with van der Waals surface area (Å²) >= 11 is 0. The van der Waals surface area contributed by atoms with Gasteiger partial charge in [0.1, 0.15) is 17.3 Å². The molecule has 1 N–H and O–H groups in total. The van der Waals surface area contributed by atoms with E-state index in [1.807, 2.05) is 6.92 Å². The van der Waals surface area contributed by atoms with Crippen LogP contribution in [0, 0.1) is 0 Å². The molecule has 8 heteroatoms. The summed E-state index contributed by atoms with van der Waals surface area (Å²) in [6.07, 6.45) is 5.13. The summed E-state index contributed by atoms with van der Waals surface area (Å²) in [7, 11) is 3.17. The van der Waals surface area contributed by atoms with Gasteiger partial charge in [-0.3, -0.25) is 14.7 Å². The Balaban J connectivity index is 1.58. The highest BCUT2D eigenvalue weighted by atomic mass is 16.5. The van der Waals surface area contributed by atoms with Crippen molar-refractivity contribution in [3.63, 3.8) is 0 Å². The van der Waals surface area contributed by atoms with Gasteiger partial charge in [0.05, 0.1) is 26.5 Å². The molecule has 0 aliphatic carbocycles. The molecule has 1 atom stereocenters. The highest BCUT2D eigenvalue weighted by Gasteiger charge is 2.26. The van der Waals surface area contributed by atoms with E-state index in [4.69, 9.17) is 9.47 Å². The molecule has 1 aliphatic heterocycles. The van der Waals surface area contributed by atoms with Crippen molar-refractivity contribution < 1.29 is 14.3 Å². The maximum Gasteiger partial charge on any atom is 0.241 e. The van der Waals surface area contributed by atoms with Crippen molar-refractivity contribution in [2.24, 2.45) is 0 Å². The smallest absolute Gasteiger partial charge is 0.241 e. The lowest BCUT2D eigenvalue weighted by Crippen LogP contribution is -2.53. The van der Waals surface area contributed by atoms with Gasteiger partial charge in [0.15, 0.2) is 0 Å². The number of rotatable bonds is 6. The number of piperazine rings is 1. The second kappa shape index (κ2) is 8.68. The number of nitrogens with zero attached hydrogens (tertiary/aromatic N) is 4. The van der Waals surface area contributed by atoms with Crippen LogP contribution in [-0.2, 0) is 4.79 Å². The molecule has 1 aliphatic rings. The van der Waals surface area contributed by atoms with Crippen LogP contribution in [0.3, 0.4) is 0 Å². The summed E-state index contributed by atoms with van der Waals surface area (Å²) in [4.78, 5) is 25.5. The van der Waals surface area contributed by atoms with Crippen molar-refractivity contribution >= 4 is 17.4 Å².